The van der Waals surface area contributed by atoms with E-state index in [0.29, 0.717) is 14.9 Å². The van der Waals surface area contributed by atoms with E-state index < -0.39 is 6.10 Å². The van der Waals surface area contributed by atoms with Crippen LogP contribution in [0, 0.1) is 5.92 Å². The molecule has 2 aromatic rings. The molecule has 2 N–H and O–H groups in total. The fourth-order valence-electron chi connectivity index (χ4n) is 1.70. The predicted molar refractivity (Wildman–Crippen MR) is 85.0 cm³/mol. The van der Waals surface area contributed by atoms with Crippen LogP contribution in [-0.2, 0) is 0 Å². The lowest BCUT2D eigenvalue weighted by atomic mass is 10.1. The number of carbonyl (C=O) groups excluding carboxylic acids is 1. The number of halogens is 2. The Balaban J connectivity index is 2.20. The number of hydrogen-bond acceptors (Lipinski definition) is 3. The molecule has 3 nitrogen and oxygen atoms in total. The molecule has 0 aliphatic carbocycles. The van der Waals surface area contributed by atoms with Crippen LogP contribution in [0.1, 0.15) is 23.5 Å². The molecule has 20 heavy (non-hydrogen) atoms. The normalized spacial score (nSPS) is 12.9. The molecule has 1 heterocycles. The second kappa shape index (κ2) is 6.31. The molecule has 0 saturated carbocycles. The van der Waals surface area contributed by atoms with Crippen molar-refractivity contribution in [1.29, 1.82) is 0 Å². The van der Waals surface area contributed by atoms with Gasteiger partial charge in [0.25, 0.3) is 5.91 Å². The molecular formula is C14H15Cl2NO2S. The van der Waals surface area contributed by atoms with Gasteiger partial charge >= 0.3 is 0 Å². The number of rotatable bonds is 4. The monoisotopic (exact) mass is 331 g/mol. The van der Waals surface area contributed by atoms with Gasteiger partial charge in [0.15, 0.2) is 0 Å². The maximum atomic E-state index is 12.1. The van der Waals surface area contributed by atoms with Gasteiger partial charge in [-0.15, -0.1) is 11.3 Å². The van der Waals surface area contributed by atoms with Gasteiger partial charge in [0.2, 0.25) is 0 Å². The first-order valence-corrected chi connectivity index (χ1v) is 7.81. The summed E-state index contributed by atoms with van der Waals surface area (Å²) in [6.07, 6.45) is -0.568. The first kappa shape index (κ1) is 15.6. The lowest BCUT2D eigenvalue weighted by Gasteiger charge is -2.14. The minimum Gasteiger partial charge on any atom is -0.391 e. The van der Waals surface area contributed by atoms with Crippen molar-refractivity contribution in [3.63, 3.8) is 0 Å². The molecular weight excluding hydrogens is 317 g/mol. The fourth-order valence-corrected chi connectivity index (χ4v) is 3.41. The first-order chi connectivity index (χ1) is 9.40. The molecule has 0 bridgehead atoms. The molecule has 1 amide bonds. The average molecular weight is 332 g/mol. The Kier molecular flexibility index (Phi) is 4.91. The maximum Gasteiger partial charge on any atom is 0.263 e. The molecule has 1 atom stereocenters. The Morgan fingerprint density at radius 2 is 2.10 bits per heavy atom. The van der Waals surface area contributed by atoms with Crippen LogP contribution in [0.4, 0.5) is 0 Å². The summed E-state index contributed by atoms with van der Waals surface area (Å²) in [5, 5.41) is 14.3. The minimum atomic E-state index is -0.568. The highest BCUT2D eigenvalue weighted by molar-refractivity contribution is 7.21. The summed E-state index contributed by atoms with van der Waals surface area (Å²) in [7, 11) is 0. The number of fused-ring (bicyclic) bond motifs is 1. The summed E-state index contributed by atoms with van der Waals surface area (Å²) >= 11 is 13.4. The van der Waals surface area contributed by atoms with Crippen molar-refractivity contribution in [3.05, 3.63) is 33.1 Å². The van der Waals surface area contributed by atoms with Crippen LogP contribution in [0.5, 0.6) is 0 Å². The topological polar surface area (TPSA) is 49.3 Å². The zero-order valence-corrected chi connectivity index (χ0v) is 13.4. The molecule has 0 aliphatic heterocycles. The highest BCUT2D eigenvalue weighted by atomic mass is 35.5. The summed E-state index contributed by atoms with van der Waals surface area (Å²) in [6, 6.07) is 5.33. The Bertz CT molecular complexity index is 639. The van der Waals surface area contributed by atoms with E-state index >= 15 is 0 Å². The lowest BCUT2D eigenvalue weighted by molar-refractivity contribution is 0.0875. The highest BCUT2D eigenvalue weighted by Gasteiger charge is 2.18. The molecule has 2 rings (SSSR count). The second-order valence-electron chi connectivity index (χ2n) is 4.91. The standard InChI is InChI=1S/C14H15Cl2NO2S/c1-7(2)10(18)6-17-14(19)13-12(16)9-4-3-8(15)5-11(9)20-13/h3-5,7,10,18H,6H2,1-2H3,(H,17,19). The number of nitrogens with one attached hydrogen (secondary N) is 1. The van der Waals surface area contributed by atoms with E-state index in [9.17, 15) is 9.90 Å². The van der Waals surface area contributed by atoms with Crippen LogP contribution in [0.15, 0.2) is 18.2 Å². The molecule has 0 radical (unpaired) electrons. The fraction of sp³-hybridized carbons (Fsp3) is 0.357. The Morgan fingerprint density at radius 1 is 1.40 bits per heavy atom. The molecule has 6 heteroatoms. The first-order valence-electron chi connectivity index (χ1n) is 6.24. The van der Waals surface area contributed by atoms with Crippen LogP contribution in [0.25, 0.3) is 10.1 Å². The van der Waals surface area contributed by atoms with Gasteiger partial charge in [-0.1, -0.05) is 43.1 Å². The molecule has 1 unspecified atom stereocenters. The second-order valence-corrected chi connectivity index (χ2v) is 6.77. The van der Waals surface area contributed by atoms with Gasteiger partial charge in [0.05, 0.1) is 11.1 Å². The average Bonchev–Trinajstić information content (AvgIpc) is 2.72. The van der Waals surface area contributed by atoms with Crippen molar-refractivity contribution < 1.29 is 9.90 Å². The van der Waals surface area contributed by atoms with E-state index in [0.717, 1.165) is 10.1 Å². The van der Waals surface area contributed by atoms with Gasteiger partial charge in [-0.3, -0.25) is 4.79 Å². The third-order valence-electron chi connectivity index (χ3n) is 3.04. The van der Waals surface area contributed by atoms with Crippen molar-refractivity contribution in [1.82, 2.24) is 5.32 Å². The quantitative estimate of drug-likeness (QED) is 0.890. The maximum absolute atomic E-state index is 12.1. The smallest absolute Gasteiger partial charge is 0.263 e. The van der Waals surface area contributed by atoms with E-state index in [1.807, 2.05) is 13.8 Å². The molecule has 0 saturated heterocycles. The van der Waals surface area contributed by atoms with Crippen molar-refractivity contribution in [2.24, 2.45) is 5.92 Å². The van der Waals surface area contributed by atoms with Crippen molar-refractivity contribution in [2.45, 2.75) is 20.0 Å². The predicted octanol–water partition coefficient (Wildman–Crippen LogP) is 3.95. The Labute approximate surface area is 131 Å². The van der Waals surface area contributed by atoms with Crippen LogP contribution in [0.3, 0.4) is 0 Å². The number of amides is 1. The van der Waals surface area contributed by atoms with E-state index in [-0.39, 0.29) is 18.4 Å². The van der Waals surface area contributed by atoms with E-state index in [2.05, 4.69) is 5.32 Å². The van der Waals surface area contributed by atoms with Crippen molar-refractivity contribution in [3.8, 4) is 0 Å². The Morgan fingerprint density at radius 3 is 2.75 bits per heavy atom. The van der Waals surface area contributed by atoms with Crippen LogP contribution in [0.2, 0.25) is 10.0 Å². The van der Waals surface area contributed by atoms with Crippen LogP contribution < -0.4 is 5.32 Å². The largest absolute Gasteiger partial charge is 0.391 e. The zero-order chi connectivity index (χ0) is 14.9. The number of aliphatic hydroxyl groups excluding tert-OH is 1. The minimum absolute atomic E-state index is 0.0898. The molecule has 0 fully saturated rings. The highest BCUT2D eigenvalue weighted by Crippen LogP contribution is 2.36. The van der Waals surface area contributed by atoms with Crippen LogP contribution in [-0.4, -0.2) is 23.7 Å². The zero-order valence-electron chi connectivity index (χ0n) is 11.1. The van der Waals surface area contributed by atoms with Gasteiger partial charge in [-0.25, -0.2) is 0 Å². The van der Waals surface area contributed by atoms with Gasteiger partial charge in [0.1, 0.15) is 4.88 Å². The van der Waals surface area contributed by atoms with E-state index in [4.69, 9.17) is 23.2 Å². The summed E-state index contributed by atoms with van der Waals surface area (Å²) in [4.78, 5) is 12.6. The van der Waals surface area contributed by atoms with Gasteiger partial charge in [0, 0.05) is 21.7 Å². The van der Waals surface area contributed by atoms with Crippen molar-refractivity contribution >= 4 is 50.5 Å². The number of carbonyl (C=O) groups is 1. The van der Waals surface area contributed by atoms with Crippen molar-refractivity contribution in [2.75, 3.05) is 6.54 Å². The molecule has 0 spiro atoms. The third-order valence-corrected chi connectivity index (χ3v) is 4.93. The van der Waals surface area contributed by atoms with Gasteiger partial charge in [-0.05, 0) is 18.1 Å². The van der Waals surface area contributed by atoms with E-state index in [1.54, 1.807) is 18.2 Å². The SMILES string of the molecule is CC(C)C(O)CNC(=O)c1sc2cc(Cl)ccc2c1Cl. The molecule has 0 aliphatic rings. The van der Waals surface area contributed by atoms with E-state index in [1.165, 1.54) is 11.3 Å². The number of aliphatic hydroxyl groups is 1. The van der Waals surface area contributed by atoms with Gasteiger partial charge in [-0.2, -0.15) is 0 Å². The third kappa shape index (κ3) is 3.26. The summed E-state index contributed by atoms with van der Waals surface area (Å²) in [6.45, 7) is 4.00. The molecule has 1 aromatic heterocycles. The lowest BCUT2D eigenvalue weighted by Crippen LogP contribution is -2.34. The summed E-state index contributed by atoms with van der Waals surface area (Å²) in [5.74, 6) is -0.181. The Hall–Kier alpha value is -0.810. The number of hydrogen-bond donors (Lipinski definition) is 2. The summed E-state index contributed by atoms with van der Waals surface area (Å²) < 4.78 is 0.872. The van der Waals surface area contributed by atoms with Crippen LogP contribution >= 0.6 is 34.5 Å². The molecule has 1 aromatic carbocycles. The molecule has 108 valence electrons. The number of thiophene rings is 1. The number of benzene rings is 1. The summed E-state index contributed by atoms with van der Waals surface area (Å²) in [5.41, 5.74) is 0. The van der Waals surface area contributed by atoms with Gasteiger partial charge < -0.3 is 10.4 Å².